The highest BCUT2D eigenvalue weighted by Gasteiger charge is 2.29. The van der Waals surface area contributed by atoms with E-state index in [0.29, 0.717) is 25.6 Å². The van der Waals surface area contributed by atoms with Gasteiger partial charge < -0.3 is 15.0 Å². The zero-order chi connectivity index (χ0) is 18.2. The molecule has 1 aromatic heterocycles. The van der Waals surface area contributed by atoms with Crippen LogP contribution in [0.2, 0.25) is 0 Å². The summed E-state index contributed by atoms with van der Waals surface area (Å²) >= 11 is 0. The minimum absolute atomic E-state index is 0.0106. The number of rotatable bonds is 7. The maximum Gasteiger partial charge on any atom is 0.225 e. The number of likely N-dealkylation sites (tertiary alicyclic amines) is 1. The summed E-state index contributed by atoms with van der Waals surface area (Å²) in [5, 5.41) is 2.98. The highest BCUT2D eigenvalue weighted by Crippen LogP contribution is 2.20. The lowest BCUT2D eigenvalue weighted by Gasteiger charge is -2.33. The van der Waals surface area contributed by atoms with Crippen molar-refractivity contribution < 1.29 is 14.3 Å². The van der Waals surface area contributed by atoms with Crippen molar-refractivity contribution in [3.05, 3.63) is 23.9 Å². The predicted octanol–water partition coefficient (Wildman–Crippen LogP) is 2.38. The Hall–Kier alpha value is -2.11. The third-order valence-corrected chi connectivity index (χ3v) is 4.70. The van der Waals surface area contributed by atoms with E-state index in [2.05, 4.69) is 10.3 Å². The minimum atomic E-state index is -0.130. The molecule has 2 heterocycles. The van der Waals surface area contributed by atoms with Gasteiger partial charge in [0.1, 0.15) is 0 Å². The molecule has 2 atom stereocenters. The maximum absolute atomic E-state index is 12.5. The Morgan fingerprint density at radius 3 is 2.96 bits per heavy atom. The van der Waals surface area contributed by atoms with Crippen molar-refractivity contribution >= 4 is 11.8 Å². The molecule has 0 unspecified atom stereocenters. The summed E-state index contributed by atoms with van der Waals surface area (Å²) in [5.74, 6) is 0.634. The Morgan fingerprint density at radius 2 is 2.24 bits per heavy atom. The summed E-state index contributed by atoms with van der Waals surface area (Å²) in [6.07, 6.45) is 4.22. The van der Waals surface area contributed by atoms with Gasteiger partial charge in [-0.15, -0.1) is 0 Å². The second kappa shape index (κ2) is 9.39. The number of amides is 2. The van der Waals surface area contributed by atoms with Gasteiger partial charge in [-0.25, -0.2) is 4.98 Å². The molecule has 1 N–H and O–H groups in total. The average Bonchev–Trinajstić information content (AvgIpc) is 2.65. The lowest BCUT2D eigenvalue weighted by Crippen LogP contribution is -2.46. The van der Waals surface area contributed by atoms with Gasteiger partial charge in [0.2, 0.25) is 17.7 Å². The van der Waals surface area contributed by atoms with E-state index in [9.17, 15) is 9.59 Å². The van der Waals surface area contributed by atoms with Crippen molar-refractivity contribution in [1.82, 2.24) is 15.2 Å². The van der Waals surface area contributed by atoms with E-state index in [-0.39, 0.29) is 23.7 Å². The van der Waals surface area contributed by atoms with Gasteiger partial charge in [0, 0.05) is 37.8 Å². The predicted molar refractivity (Wildman–Crippen MR) is 96.0 cm³/mol. The van der Waals surface area contributed by atoms with Gasteiger partial charge in [-0.2, -0.15) is 0 Å². The molecule has 0 aliphatic carbocycles. The van der Waals surface area contributed by atoms with Crippen molar-refractivity contribution in [2.24, 2.45) is 11.8 Å². The van der Waals surface area contributed by atoms with E-state index in [1.54, 1.807) is 6.20 Å². The molecule has 0 saturated carbocycles. The van der Waals surface area contributed by atoms with Crippen LogP contribution in [0.1, 0.15) is 45.6 Å². The van der Waals surface area contributed by atoms with Crippen LogP contribution in [-0.4, -0.2) is 41.4 Å². The zero-order valence-electron chi connectivity index (χ0n) is 15.5. The number of piperidine rings is 1. The molecular formula is C19H29N3O3. The highest BCUT2D eigenvalue weighted by molar-refractivity contribution is 5.82. The SMILES string of the molecule is CCOc1cc(CNC(=O)[C@@H]2CCCN(C(=O)[C@@H](C)CC)C2)ccn1. The summed E-state index contributed by atoms with van der Waals surface area (Å²) in [6, 6.07) is 3.70. The van der Waals surface area contributed by atoms with E-state index in [1.807, 2.05) is 37.8 Å². The number of ether oxygens (including phenoxy) is 1. The van der Waals surface area contributed by atoms with Gasteiger partial charge >= 0.3 is 0 Å². The standard InChI is InChI=1S/C19H29N3O3/c1-4-14(3)19(24)22-10-6-7-16(13-22)18(23)21-12-15-8-9-20-17(11-15)25-5-2/h8-9,11,14,16H,4-7,10,12-13H2,1-3H3,(H,21,23)/t14-,16+/m0/s1. The first-order chi connectivity index (χ1) is 12.0. The fourth-order valence-electron chi connectivity index (χ4n) is 3.00. The van der Waals surface area contributed by atoms with Gasteiger partial charge in [-0.1, -0.05) is 13.8 Å². The van der Waals surface area contributed by atoms with E-state index < -0.39 is 0 Å². The Balaban J connectivity index is 1.88. The molecule has 0 bridgehead atoms. The smallest absolute Gasteiger partial charge is 0.225 e. The Morgan fingerprint density at radius 1 is 1.44 bits per heavy atom. The normalized spacial score (nSPS) is 18.5. The maximum atomic E-state index is 12.5. The number of nitrogens with zero attached hydrogens (tertiary/aromatic N) is 2. The van der Waals surface area contributed by atoms with Crippen LogP contribution in [0.15, 0.2) is 18.3 Å². The van der Waals surface area contributed by atoms with Crippen molar-refractivity contribution in [2.75, 3.05) is 19.7 Å². The number of pyridine rings is 1. The molecule has 1 fully saturated rings. The lowest BCUT2D eigenvalue weighted by atomic mass is 9.95. The Kier molecular flexibility index (Phi) is 7.22. The highest BCUT2D eigenvalue weighted by atomic mass is 16.5. The van der Waals surface area contributed by atoms with Crippen LogP contribution in [-0.2, 0) is 16.1 Å². The molecule has 0 radical (unpaired) electrons. The fraction of sp³-hybridized carbons (Fsp3) is 0.632. The number of aromatic nitrogens is 1. The number of nitrogens with one attached hydrogen (secondary N) is 1. The molecule has 1 aliphatic rings. The van der Waals surface area contributed by atoms with Crippen LogP contribution in [0.4, 0.5) is 0 Å². The largest absolute Gasteiger partial charge is 0.478 e. The molecule has 0 aromatic carbocycles. The number of hydrogen-bond acceptors (Lipinski definition) is 4. The quantitative estimate of drug-likeness (QED) is 0.822. The van der Waals surface area contributed by atoms with Gasteiger partial charge in [0.05, 0.1) is 12.5 Å². The monoisotopic (exact) mass is 347 g/mol. The molecule has 0 spiro atoms. The van der Waals surface area contributed by atoms with Gasteiger partial charge in [0.25, 0.3) is 0 Å². The summed E-state index contributed by atoms with van der Waals surface area (Å²) in [7, 11) is 0. The Labute approximate surface area is 150 Å². The second-order valence-electron chi connectivity index (χ2n) is 6.59. The molecule has 1 aromatic rings. The van der Waals surface area contributed by atoms with Crippen LogP contribution in [0.3, 0.4) is 0 Å². The van der Waals surface area contributed by atoms with E-state index in [4.69, 9.17) is 4.74 Å². The van der Waals surface area contributed by atoms with Crippen molar-refractivity contribution in [1.29, 1.82) is 0 Å². The van der Waals surface area contributed by atoms with Crippen LogP contribution in [0.5, 0.6) is 5.88 Å². The molecule has 138 valence electrons. The fourth-order valence-corrected chi connectivity index (χ4v) is 3.00. The van der Waals surface area contributed by atoms with Crippen molar-refractivity contribution in [3.8, 4) is 5.88 Å². The molecule has 6 heteroatoms. The first kappa shape index (κ1) is 19.2. The molecule has 25 heavy (non-hydrogen) atoms. The van der Waals surface area contributed by atoms with E-state index >= 15 is 0 Å². The summed E-state index contributed by atoms with van der Waals surface area (Å²) < 4.78 is 5.38. The molecular weight excluding hydrogens is 318 g/mol. The third kappa shape index (κ3) is 5.44. The first-order valence-corrected chi connectivity index (χ1v) is 9.19. The zero-order valence-corrected chi connectivity index (χ0v) is 15.5. The first-order valence-electron chi connectivity index (χ1n) is 9.19. The average molecular weight is 347 g/mol. The van der Waals surface area contributed by atoms with Gasteiger partial charge in [0.15, 0.2) is 0 Å². The number of hydrogen-bond donors (Lipinski definition) is 1. The second-order valence-corrected chi connectivity index (χ2v) is 6.59. The summed E-state index contributed by atoms with van der Waals surface area (Å²) in [5.41, 5.74) is 0.954. The lowest BCUT2D eigenvalue weighted by molar-refractivity contribution is -0.139. The van der Waals surface area contributed by atoms with Crippen LogP contribution in [0.25, 0.3) is 0 Å². The van der Waals surface area contributed by atoms with Crippen molar-refractivity contribution in [3.63, 3.8) is 0 Å². The molecule has 6 nitrogen and oxygen atoms in total. The van der Waals surface area contributed by atoms with Crippen molar-refractivity contribution in [2.45, 2.75) is 46.6 Å². The van der Waals surface area contributed by atoms with Crippen LogP contribution < -0.4 is 10.1 Å². The van der Waals surface area contributed by atoms with Crippen LogP contribution >= 0.6 is 0 Å². The molecule has 2 rings (SSSR count). The van der Waals surface area contributed by atoms with E-state index in [0.717, 1.165) is 31.4 Å². The number of carbonyl (C=O) groups is 2. The topological polar surface area (TPSA) is 71.5 Å². The molecule has 1 saturated heterocycles. The summed E-state index contributed by atoms with van der Waals surface area (Å²) in [4.78, 5) is 30.8. The number of carbonyl (C=O) groups excluding carboxylic acids is 2. The molecule has 2 amide bonds. The Bertz CT molecular complexity index is 591. The van der Waals surface area contributed by atoms with E-state index in [1.165, 1.54) is 0 Å². The molecule has 1 aliphatic heterocycles. The minimum Gasteiger partial charge on any atom is -0.478 e. The third-order valence-electron chi connectivity index (χ3n) is 4.70. The van der Waals surface area contributed by atoms with Gasteiger partial charge in [-0.3, -0.25) is 9.59 Å². The summed E-state index contributed by atoms with van der Waals surface area (Å²) in [6.45, 7) is 8.16. The van der Waals surface area contributed by atoms with Crippen LogP contribution in [0, 0.1) is 11.8 Å². The van der Waals surface area contributed by atoms with Gasteiger partial charge in [-0.05, 0) is 37.8 Å².